The fourth-order valence-corrected chi connectivity index (χ4v) is 14.2. The molecule has 20 nitrogen and oxygen atoms in total. The third-order valence-electron chi connectivity index (χ3n) is 19.9. The van der Waals surface area contributed by atoms with Crippen molar-refractivity contribution >= 4 is 81.7 Å². The number of nitrogens with one attached hydrogen (secondary N) is 2. The number of allylic oxidation sites excluding steroid dienone is 8. The molecule has 97 heavy (non-hydrogen) atoms. The molecule has 0 spiro atoms. The van der Waals surface area contributed by atoms with E-state index in [1.807, 2.05) is 105 Å². The van der Waals surface area contributed by atoms with Crippen molar-refractivity contribution in [2.24, 2.45) is 27.7 Å². The Kier molecular flexibility index (Phi) is 19.3. The Labute approximate surface area is 565 Å². The van der Waals surface area contributed by atoms with Crippen LogP contribution in [0.5, 0.6) is 23.0 Å². The maximum absolute atomic E-state index is 14.3. The molecule has 13 rings (SSSR count). The average Bonchev–Trinajstić information content (AvgIpc) is 1.67. The lowest BCUT2D eigenvalue weighted by atomic mass is 9.88. The Morgan fingerprint density at radius 2 is 1.26 bits per heavy atom. The van der Waals surface area contributed by atoms with Crippen LogP contribution in [0.15, 0.2) is 155 Å². The van der Waals surface area contributed by atoms with Crippen molar-refractivity contribution in [3.8, 4) is 23.0 Å². The summed E-state index contributed by atoms with van der Waals surface area (Å²) in [5.74, 6) is -0.755. The summed E-state index contributed by atoms with van der Waals surface area (Å²) in [5.41, 5.74) is 9.43. The summed E-state index contributed by atoms with van der Waals surface area (Å²) in [7, 11) is 5.23. The Morgan fingerprint density at radius 1 is 0.670 bits per heavy atom. The van der Waals surface area contributed by atoms with Crippen LogP contribution < -0.4 is 34.5 Å². The summed E-state index contributed by atoms with van der Waals surface area (Å²) < 4.78 is 23.9. The predicted octanol–water partition coefficient (Wildman–Crippen LogP) is 10.1. The fourth-order valence-electron chi connectivity index (χ4n) is 14.2. The van der Waals surface area contributed by atoms with Crippen molar-refractivity contribution < 1.29 is 52.5 Å². The lowest BCUT2D eigenvalue weighted by Crippen LogP contribution is -2.45. The van der Waals surface area contributed by atoms with E-state index >= 15 is 0 Å². The zero-order chi connectivity index (χ0) is 67.6. The first-order valence-corrected chi connectivity index (χ1v) is 33.9. The summed E-state index contributed by atoms with van der Waals surface area (Å²) >= 11 is 0. The molecule has 20 heteroatoms. The molecule has 3 saturated heterocycles. The second-order valence-electron chi connectivity index (χ2n) is 26.7. The number of nitrogens with zero attached hydrogens (tertiary/aromatic N) is 7. The van der Waals surface area contributed by atoms with Gasteiger partial charge in [-0.05, 0) is 90.4 Å². The first kappa shape index (κ1) is 65.9. The second-order valence-corrected chi connectivity index (χ2v) is 26.7. The van der Waals surface area contributed by atoms with Crippen LogP contribution in [0, 0.1) is 17.8 Å². The highest BCUT2D eigenvalue weighted by Crippen LogP contribution is 2.45. The highest BCUT2D eigenvalue weighted by Gasteiger charge is 2.51. The molecule has 0 saturated carbocycles. The largest absolute Gasteiger partial charge is 0.493 e. The van der Waals surface area contributed by atoms with Crippen molar-refractivity contribution in [3.63, 3.8) is 0 Å². The van der Waals surface area contributed by atoms with Crippen LogP contribution in [0.3, 0.4) is 0 Å². The van der Waals surface area contributed by atoms with E-state index in [1.165, 1.54) is 17.7 Å². The van der Waals surface area contributed by atoms with Gasteiger partial charge in [-0.2, -0.15) is 0 Å². The molecule has 9 aliphatic rings. The third kappa shape index (κ3) is 14.1. The minimum atomic E-state index is -0.773. The van der Waals surface area contributed by atoms with Gasteiger partial charge in [-0.3, -0.25) is 48.4 Å². The number of carbonyl (C=O) groups excluding carboxylic acids is 7. The first-order valence-electron chi connectivity index (χ1n) is 33.9. The monoisotopic (exact) mass is 1310 g/mol. The van der Waals surface area contributed by atoms with E-state index in [0.29, 0.717) is 103 Å². The van der Waals surface area contributed by atoms with Crippen LogP contribution in [0.4, 0.5) is 17.1 Å². The van der Waals surface area contributed by atoms with Gasteiger partial charge in [0.25, 0.3) is 11.8 Å². The van der Waals surface area contributed by atoms with E-state index in [-0.39, 0.29) is 90.7 Å². The Hall–Kier alpha value is -9.79. The zero-order valence-corrected chi connectivity index (χ0v) is 55.8. The number of hydrogen-bond donors (Lipinski definition) is 2. The van der Waals surface area contributed by atoms with Crippen LogP contribution in [0.25, 0.3) is 11.1 Å². The predicted molar refractivity (Wildman–Crippen MR) is 372 cm³/mol. The number of Topliss-reactive ketones (excluding diaryl/α,β-unsaturated/α-hetero) is 2. The van der Waals surface area contributed by atoms with Crippen molar-refractivity contribution in [3.05, 3.63) is 173 Å². The van der Waals surface area contributed by atoms with Gasteiger partial charge in [0.1, 0.15) is 0 Å². The quantitative estimate of drug-likeness (QED) is 0.0339. The first-order chi connectivity index (χ1) is 47.0. The molecular formula is C77H83N9O11. The van der Waals surface area contributed by atoms with Crippen molar-refractivity contribution in [2.75, 3.05) is 72.1 Å². The number of benzene rings is 4. The summed E-state index contributed by atoms with van der Waals surface area (Å²) in [6, 6.07) is 21.3. The number of rotatable bonds is 26. The van der Waals surface area contributed by atoms with Gasteiger partial charge >= 0.3 is 0 Å². The number of likely N-dealkylation sites (N-methyl/N-ethyl adjacent to an activating group) is 1. The molecule has 0 aromatic heterocycles. The highest BCUT2D eigenvalue weighted by molar-refractivity contribution is 6.09. The highest BCUT2D eigenvalue weighted by atomic mass is 16.5. The van der Waals surface area contributed by atoms with Gasteiger partial charge < -0.3 is 49.2 Å². The number of imide groups is 1. The second kappa shape index (κ2) is 28.5. The number of unbranched alkanes of at least 4 members (excludes halogenated alkanes) is 2. The van der Waals surface area contributed by atoms with Gasteiger partial charge in [0.2, 0.25) is 17.7 Å². The zero-order valence-electron chi connectivity index (χ0n) is 55.8. The number of ketones is 2. The Balaban J connectivity index is 0.548. The molecule has 502 valence electrons. The van der Waals surface area contributed by atoms with E-state index in [9.17, 15) is 33.6 Å². The summed E-state index contributed by atoms with van der Waals surface area (Å²) in [6.45, 7) is 10.5. The van der Waals surface area contributed by atoms with Crippen molar-refractivity contribution in [1.29, 1.82) is 0 Å². The molecule has 6 unspecified atom stereocenters. The standard InChI is InChI=1S/C77H83N9O11/c1-46(2)70(72-71(81-72)64(87)18-13-10-14-27-84-69(88)39-58(75(84)91)50-16-11-8-7-9-12-17-50)74(90)80-47(3)73(89)59-36-57(59)51-21-19-48(20-22-51)52-34-55-42-78-62-40-67(65(94-5)37-60(62)76(92)85(55)44-52)96-32-15-33-97-68-41-63-61(38-66(68)95-6)77(93)86-45-53(35-56(86)43-79-63)49-23-25-54(26-24-49)83-30-28-82(4)29-31-83/h7-9,11-12,16-17,19-26,36-38,40-47,55-58,70-72,81H,10,13-15,18,27-35,39H2,1-6H3,(H,80,90)/t47?,55-,56-,57?,58?,70?,71?,72?/m0/s1. The summed E-state index contributed by atoms with van der Waals surface area (Å²) in [4.78, 5) is 114. The molecule has 0 radical (unpaired) electrons. The third-order valence-corrected chi connectivity index (χ3v) is 19.9. The molecule has 8 atom stereocenters. The number of fused-ring (bicyclic) bond motifs is 4. The van der Waals surface area contributed by atoms with Crippen LogP contribution >= 0.6 is 0 Å². The van der Waals surface area contributed by atoms with Gasteiger partial charge in [0.05, 0.1) is 85.9 Å². The van der Waals surface area contributed by atoms with Crippen molar-refractivity contribution in [2.45, 2.75) is 108 Å². The van der Waals surface area contributed by atoms with Crippen LogP contribution in [0.1, 0.15) is 115 Å². The fraction of sp³-hybridized carbons (Fsp3) is 0.390. The average molecular weight is 1310 g/mol. The lowest BCUT2D eigenvalue weighted by Gasteiger charge is -2.34. The molecule has 0 bridgehead atoms. The number of piperazine rings is 1. The van der Waals surface area contributed by atoms with Crippen molar-refractivity contribution in [1.82, 2.24) is 30.2 Å². The number of carbonyl (C=O) groups is 7. The minimum absolute atomic E-state index is 0.0241. The number of aliphatic imine (C=N–C) groups is 2. The smallest absolute Gasteiger partial charge is 0.260 e. The van der Waals surface area contributed by atoms with E-state index in [0.717, 1.165) is 59.6 Å². The lowest BCUT2D eigenvalue weighted by molar-refractivity contribution is -0.139. The molecule has 5 amide bonds. The normalized spacial score (nSPS) is 22.9. The maximum atomic E-state index is 14.3. The summed E-state index contributed by atoms with van der Waals surface area (Å²) in [5, 5.41) is 6.20. The van der Waals surface area contributed by atoms with E-state index in [2.05, 4.69) is 51.7 Å². The van der Waals surface area contributed by atoms with Gasteiger partial charge in [0.15, 0.2) is 34.6 Å². The van der Waals surface area contributed by atoms with Crippen LogP contribution in [0.2, 0.25) is 0 Å². The van der Waals surface area contributed by atoms with Crippen LogP contribution in [-0.4, -0.2) is 171 Å². The molecule has 2 aliphatic carbocycles. The summed E-state index contributed by atoms with van der Waals surface area (Å²) in [6.07, 6.45) is 26.5. The Morgan fingerprint density at radius 3 is 1.86 bits per heavy atom. The van der Waals surface area contributed by atoms with Crippen LogP contribution in [-0.2, 0) is 24.0 Å². The number of ether oxygens (including phenoxy) is 4. The van der Waals surface area contributed by atoms with E-state index in [4.69, 9.17) is 28.9 Å². The van der Waals surface area contributed by atoms with Gasteiger partial charge in [-0.1, -0.05) is 105 Å². The SMILES string of the molecule is COc1cc2c(cc1OCCCOc1cc3c(cc1OC)C(=O)N1C=C(c4ccc(N5CCN(C)CC5)cc4)C[C@H]1C=N3)N=C[C@@H]1CC(c3ccc(C4C=C4C(=O)C(C)NC(=O)C(C(C)C)C4NC4C(=O)CCCCCN4C(=O)CC(C5=CC=CC=CC=C5)C4=O)cc3)=CN1C2=O. The number of amides is 5. The number of anilines is 1. The molecule has 4 aromatic rings. The maximum Gasteiger partial charge on any atom is 0.260 e. The molecule has 2 N–H and O–H groups in total. The van der Waals surface area contributed by atoms with E-state index < -0.39 is 23.9 Å². The molecule has 3 fully saturated rings. The van der Waals surface area contributed by atoms with E-state index in [1.54, 1.807) is 54.3 Å². The molecule has 7 aliphatic heterocycles. The molecule has 4 aromatic carbocycles. The van der Waals surface area contributed by atoms with Gasteiger partial charge in [-0.15, -0.1) is 0 Å². The Bertz CT molecular complexity index is 4090. The molecule has 7 heterocycles. The topological polar surface area (TPSA) is 231 Å². The van der Waals surface area contributed by atoms with Gasteiger partial charge in [-0.25, -0.2) is 0 Å². The number of likely N-dealkylation sites (tertiary alicyclic amines) is 1. The number of methoxy groups -OCH3 is 2. The number of hydrogen-bond acceptors (Lipinski definition) is 16. The molecular weight excluding hydrogens is 1230 g/mol. The van der Waals surface area contributed by atoms with Gasteiger partial charge in [0, 0.05) is 125 Å². The minimum Gasteiger partial charge on any atom is -0.493 e.